The predicted octanol–water partition coefficient (Wildman–Crippen LogP) is 2.38. The molecule has 3 aliphatic rings. The van der Waals surface area contributed by atoms with Gasteiger partial charge >= 0.3 is 6.03 Å². The summed E-state index contributed by atoms with van der Waals surface area (Å²) in [5, 5.41) is 13.9. The minimum atomic E-state index is -0.819. The van der Waals surface area contributed by atoms with Crippen molar-refractivity contribution in [3.63, 3.8) is 0 Å². The number of morpholine rings is 1. The lowest BCUT2D eigenvalue weighted by molar-refractivity contribution is -0.156. The van der Waals surface area contributed by atoms with Gasteiger partial charge < -0.3 is 34.4 Å². The summed E-state index contributed by atoms with van der Waals surface area (Å²) in [4.78, 5) is 29.2. The highest BCUT2D eigenvalue weighted by atomic mass is 35.5. The summed E-state index contributed by atoms with van der Waals surface area (Å²) < 4.78 is 17.2. The van der Waals surface area contributed by atoms with Crippen LogP contribution in [0.25, 0.3) is 0 Å². The first-order valence-electron chi connectivity index (χ1n) is 11.2. The van der Waals surface area contributed by atoms with Gasteiger partial charge in [-0.25, -0.2) is 4.79 Å². The van der Waals surface area contributed by atoms with Gasteiger partial charge in [0, 0.05) is 28.8 Å². The molecule has 0 saturated carbocycles. The molecule has 1 aromatic rings. The molecule has 9 nitrogen and oxygen atoms in total. The quantitative estimate of drug-likeness (QED) is 0.659. The highest BCUT2D eigenvalue weighted by Gasteiger charge is 2.40. The Morgan fingerprint density at radius 1 is 1.06 bits per heavy atom. The third-order valence-corrected chi connectivity index (χ3v) is 6.56. The van der Waals surface area contributed by atoms with E-state index in [1.54, 1.807) is 28.0 Å². The molecule has 0 aromatic heterocycles. The van der Waals surface area contributed by atoms with Crippen LogP contribution in [0.5, 0.6) is 0 Å². The number of halogens is 2. The number of nitrogens with one attached hydrogen (secondary N) is 1. The first kappa shape index (κ1) is 24.5. The van der Waals surface area contributed by atoms with Crippen LogP contribution in [0.3, 0.4) is 0 Å². The molecule has 33 heavy (non-hydrogen) atoms. The van der Waals surface area contributed by atoms with Crippen molar-refractivity contribution < 1.29 is 28.9 Å². The van der Waals surface area contributed by atoms with E-state index in [0.29, 0.717) is 61.3 Å². The number of amides is 3. The lowest BCUT2D eigenvalue weighted by Gasteiger charge is -2.44. The summed E-state index contributed by atoms with van der Waals surface area (Å²) in [7, 11) is 0. The number of urea groups is 1. The standard InChI is InChI=1S/C22H29Cl2N3O6/c23-14-7-15(24)9-16(8-14)25-22(30)27-11-17(28)12-32-13-20-19(27)2-1-18(33-20)10-21(29)26-3-5-31-6-4-26/h7-9,17-20,28H,1-6,10-13H2,(H,25,30)/t17-,18-,19-,20+/m1/s1. The lowest BCUT2D eigenvalue weighted by atomic mass is 9.94. The second-order valence-corrected chi connectivity index (χ2v) is 9.44. The van der Waals surface area contributed by atoms with Gasteiger partial charge in [0.2, 0.25) is 5.91 Å². The number of aliphatic hydroxyl groups excluding tert-OH is 1. The van der Waals surface area contributed by atoms with Crippen molar-refractivity contribution in [2.45, 2.75) is 43.6 Å². The third kappa shape index (κ3) is 6.49. The van der Waals surface area contributed by atoms with Crippen LogP contribution in [0.1, 0.15) is 19.3 Å². The van der Waals surface area contributed by atoms with Crippen LogP contribution in [0.2, 0.25) is 10.0 Å². The molecule has 0 unspecified atom stereocenters. The minimum Gasteiger partial charge on any atom is -0.389 e. The van der Waals surface area contributed by atoms with Crippen molar-refractivity contribution in [1.82, 2.24) is 9.80 Å². The Morgan fingerprint density at radius 2 is 1.79 bits per heavy atom. The van der Waals surface area contributed by atoms with Crippen LogP contribution in [0, 0.1) is 0 Å². The van der Waals surface area contributed by atoms with E-state index in [9.17, 15) is 14.7 Å². The molecule has 1 aromatic carbocycles. The van der Waals surface area contributed by atoms with Crippen molar-refractivity contribution in [1.29, 1.82) is 0 Å². The van der Waals surface area contributed by atoms with E-state index >= 15 is 0 Å². The Balaban J connectivity index is 1.42. The Hall–Kier alpha value is -1.62. The van der Waals surface area contributed by atoms with Crippen LogP contribution in [-0.4, -0.2) is 97.3 Å². The molecule has 3 aliphatic heterocycles. The molecule has 182 valence electrons. The third-order valence-electron chi connectivity index (χ3n) is 6.12. The second-order valence-electron chi connectivity index (χ2n) is 8.57. The first-order chi connectivity index (χ1) is 15.9. The molecule has 0 aliphatic carbocycles. The number of hydrogen-bond donors (Lipinski definition) is 2. The Labute approximate surface area is 202 Å². The van der Waals surface area contributed by atoms with Crippen molar-refractivity contribution in [3.8, 4) is 0 Å². The minimum absolute atomic E-state index is 0.0522. The molecule has 0 bridgehead atoms. The van der Waals surface area contributed by atoms with Crippen LogP contribution in [0.4, 0.5) is 10.5 Å². The fourth-order valence-corrected chi connectivity index (χ4v) is 5.06. The van der Waals surface area contributed by atoms with Crippen LogP contribution in [-0.2, 0) is 19.0 Å². The van der Waals surface area contributed by atoms with Gasteiger partial charge in [-0.2, -0.15) is 0 Å². The van der Waals surface area contributed by atoms with E-state index in [1.165, 1.54) is 0 Å². The monoisotopic (exact) mass is 501 g/mol. The van der Waals surface area contributed by atoms with E-state index in [-0.39, 0.29) is 43.8 Å². The molecule has 3 saturated heterocycles. The second kappa shape index (κ2) is 11.2. The maximum absolute atomic E-state index is 13.2. The fraction of sp³-hybridized carbons (Fsp3) is 0.636. The molecule has 3 fully saturated rings. The van der Waals surface area contributed by atoms with E-state index in [1.807, 2.05) is 0 Å². The number of fused-ring (bicyclic) bond motifs is 1. The number of ether oxygens (including phenoxy) is 3. The lowest BCUT2D eigenvalue weighted by Crippen LogP contribution is -2.58. The van der Waals surface area contributed by atoms with Gasteiger partial charge in [0.05, 0.1) is 57.6 Å². The number of carbonyl (C=O) groups excluding carboxylic acids is 2. The van der Waals surface area contributed by atoms with Crippen LogP contribution in [0.15, 0.2) is 18.2 Å². The van der Waals surface area contributed by atoms with Crippen molar-refractivity contribution in [2.24, 2.45) is 0 Å². The largest absolute Gasteiger partial charge is 0.389 e. The first-order valence-corrected chi connectivity index (χ1v) is 11.9. The normalized spacial score (nSPS) is 28.5. The molecule has 11 heteroatoms. The molecule has 0 spiro atoms. The molecule has 3 amide bonds. The van der Waals surface area contributed by atoms with Crippen LogP contribution >= 0.6 is 23.2 Å². The summed E-state index contributed by atoms with van der Waals surface area (Å²) in [6.07, 6.45) is 0.0823. The van der Waals surface area contributed by atoms with Gasteiger partial charge in [-0.1, -0.05) is 23.2 Å². The summed E-state index contributed by atoms with van der Waals surface area (Å²) in [5.74, 6) is 0.0522. The number of β-amino-alcohol motifs (C(OH)–C–C–N with tert-alkyl or cyclic N) is 1. The maximum Gasteiger partial charge on any atom is 0.322 e. The molecule has 3 heterocycles. The average Bonchev–Trinajstić information content (AvgIpc) is 2.76. The summed E-state index contributed by atoms with van der Waals surface area (Å²) >= 11 is 12.1. The van der Waals surface area contributed by atoms with Gasteiger partial charge in [-0.05, 0) is 31.0 Å². The summed E-state index contributed by atoms with van der Waals surface area (Å²) in [5.41, 5.74) is 0.465. The van der Waals surface area contributed by atoms with E-state index in [2.05, 4.69) is 5.32 Å². The van der Waals surface area contributed by atoms with Gasteiger partial charge in [-0.15, -0.1) is 0 Å². The highest BCUT2D eigenvalue weighted by molar-refractivity contribution is 6.35. The Bertz CT molecular complexity index is 833. The van der Waals surface area contributed by atoms with Gasteiger partial charge in [-0.3, -0.25) is 4.79 Å². The number of benzene rings is 1. The number of rotatable bonds is 3. The number of aliphatic hydroxyl groups is 1. The van der Waals surface area contributed by atoms with E-state index < -0.39 is 12.2 Å². The smallest absolute Gasteiger partial charge is 0.322 e. The Kier molecular flexibility index (Phi) is 8.32. The zero-order valence-electron chi connectivity index (χ0n) is 18.3. The van der Waals surface area contributed by atoms with Gasteiger partial charge in [0.1, 0.15) is 6.10 Å². The number of hydrogen-bond acceptors (Lipinski definition) is 6. The number of carbonyl (C=O) groups is 2. The van der Waals surface area contributed by atoms with Crippen molar-refractivity contribution in [2.75, 3.05) is 51.4 Å². The fourth-order valence-electron chi connectivity index (χ4n) is 4.53. The zero-order valence-corrected chi connectivity index (χ0v) is 19.8. The molecule has 2 N–H and O–H groups in total. The van der Waals surface area contributed by atoms with Crippen molar-refractivity contribution in [3.05, 3.63) is 28.2 Å². The SMILES string of the molecule is O=C(C[C@H]1CC[C@@H]2[C@H](COC[C@H](O)CN2C(=O)Nc2cc(Cl)cc(Cl)c2)O1)N1CCOCC1. The number of nitrogens with zero attached hydrogens (tertiary/aromatic N) is 2. The van der Waals surface area contributed by atoms with Gasteiger partial charge in [0.15, 0.2) is 0 Å². The topological polar surface area (TPSA) is 101 Å². The predicted molar refractivity (Wildman–Crippen MR) is 123 cm³/mol. The Morgan fingerprint density at radius 3 is 2.52 bits per heavy atom. The zero-order chi connectivity index (χ0) is 23.4. The van der Waals surface area contributed by atoms with Crippen LogP contribution < -0.4 is 5.32 Å². The maximum atomic E-state index is 13.2. The molecule has 4 atom stereocenters. The van der Waals surface area contributed by atoms with Gasteiger partial charge in [0.25, 0.3) is 0 Å². The molecular weight excluding hydrogens is 473 g/mol. The average molecular weight is 502 g/mol. The molecular formula is C22H29Cl2N3O6. The molecule has 0 radical (unpaired) electrons. The summed E-state index contributed by atoms with van der Waals surface area (Å²) in [6, 6.07) is 4.12. The number of anilines is 1. The van der Waals surface area contributed by atoms with E-state index in [0.717, 1.165) is 0 Å². The molecule has 4 rings (SSSR count). The van der Waals surface area contributed by atoms with E-state index in [4.69, 9.17) is 37.4 Å². The summed E-state index contributed by atoms with van der Waals surface area (Å²) in [6.45, 7) is 2.73. The highest BCUT2D eigenvalue weighted by Crippen LogP contribution is 2.29. The van der Waals surface area contributed by atoms with Crippen molar-refractivity contribution >= 4 is 40.8 Å².